The van der Waals surface area contributed by atoms with Crippen LogP contribution in [0.25, 0.3) is 0 Å². The second-order valence-electron chi connectivity index (χ2n) is 4.84. The summed E-state index contributed by atoms with van der Waals surface area (Å²) in [6.07, 6.45) is 1.44. The van der Waals surface area contributed by atoms with Crippen LogP contribution in [-0.2, 0) is 0 Å². The van der Waals surface area contributed by atoms with Crippen molar-refractivity contribution in [1.82, 2.24) is 10.2 Å². The van der Waals surface area contributed by atoms with Gasteiger partial charge >= 0.3 is 0 Å². The number of hydrogen-bond acceptors (Lipinski definition) is 3. The molecule has 4 heteroatoms. The third kappa shape index (κ3) is 3.81. The molecule has 0 aromatic rings. The smallest absolute Gasteiger partial charge is 0.0193 e. The van der Waals surface area contributed by atoms with Gasteiger partial charge in [-0.05, 0) is 37.7 Å². The van der Waals surface area contributed by atoms with Gasteiger partial charge in [0.1, 0.15) is 0 Å². The number of hydrogen-bond donors (Lipinski definition) is 1. The molecule has 0 aliphatic carbocycles. The number of halogens is 1. The summed E-state index contributed by atoms with van der Waals surface area (Å²) in [5.74, 6) is 3.75. The zero-order valence-corrected chi connectivity index (χ0v) is 11.4. The standard InChI is InChI=1S/C11H22N2S.ClH/c1-9-6-13(10(2)5-12-9)7-11-3-4-14-8-11;/h9-12H,3-8H2,1-2H3;1H. The molecule has 3 atom stereocenters. The average molecular weight is 251 g/mol. The highest BCUT2D eigenvalue weighted by Crippen LogP contribution is 2.25. The molecule has 0 saturated carbocycles. The van der Waals surface area contributed by atoms with Crippen LogP contribution in [0.4, 0.5) is 0 Å². The van der Waals surface area contributed by atoms with Crippen LogP contribution in [0.3, 0.4) is 0 Å². The highest BCUT2D eigenvalue weighted by molar-refractivity contribution is 7.99. The molecule has 2 fully saturated rings. The second kappa shape index (κ2) is 6.33. The van der Waals surface area contributed by atoms with Crippen LogP contribution in [0.15, 0.2) is 0 Å². The predicted octanol–water partition coefficient (Wildman–Crippen LogP) is 1.84. The van der Waals surface area contributed by atoms with E-state index in [1.807, 2.05) is 0 Å². The van der Waals surface area contributed by atoms with E-state index in [1.165, 1.54) is 37.6 Å². The van der Waals surface area contributed by atoms with Crippen molar-refractivity contribution >= 4 is 24.2 Å². The first-order chi connectivity index (χ1) is 6.75. The molecule has 0 amide bonds. The number of nitrogens with zero attached hydrogens (tertiary/aromatic N) is 1. The van der Waals surface area contributed by atoms with Crippen molar-refractivity contribution in [3.63, 3.8) is 0 Å². The van der Waals surface area contributed by atoms with Gasteiger partial charge in [0.05, 0.1) is 0 Å². The van der Waals surface area contributed by atoms with Crippen molar-refractivity contribution in [2.45, 2.75) is 32.4 Å². The summed E-state index contributed by atoms with van der Waals surface area (Å²) in [5, 5.41) is 3.54. The van der Waals surface area contributed by atoms with Gasteiger partial charge in [-0.3, -0.25) is 4.90 Å². The van der Waals surface area contributed by atoms with E-state index in [9.17, 15) is 0 Å². The molecular formula is C11H23ClN2S. The van der Waals surface area contributed by atoms with Gasteiger partial charge in [0.15, 0.2) is 0 Å². The van der Waals surface area contributed by atoms with E-state index in [1.54, 1.807) is 0 Å². The van der Waals surface area contributed by atoms with Gasteiger partial charge in [-0.25, -0.2) is 0 Å². The number of piperazine rings is 1. The average Bonchev–Trinajstić information content (AvgIpc) is 2.64. The fraction of sp³-hybridized carbons (Fsp3) is 1.00. The van der Waals surface area contributed by atoms with Crippen LogP contribution in [0, 0.1) is 5.92 Å². The van der Waals surface area contributed by atoms with Gasteiger partial charge in [0, 0.05) is 31.7 Å². The maximum absolute atomic E-state index is 3.54. The van der Waals surface area contributed by atoms with Gasteiger partial charge < -0.3 is 5.32 Å². The molecule has 3 unspecified atom stereocenters. The van der Waals surface area contributed by atoms with E-state index in [-0.39, 0.29) is 12.4 Å². The van der Waals surface area contributed by atoms with Gasteiger partial charge in [-0.15, -0.1) is 12.4 Å². The van der Waals surface area contributed by atoms with Crippen LogP contribution in [0.2, 0.25) is 0 Å². The number of nitrogens with one attached hydrogen (secondary N) is 1. The quantitative estimate of drug-likeness (QED) is 0.805. The SMILES string of the molecule is CC1CN(CC2CCSC2)C(C)CN1.Cl. The van der Waals surface area contributed by atoms with E-state index in [2.05, 4.69) is 35.8 Å². The zero-order chi connectivity index (χ0) is 9.97. The third-order valence-electron chi connectivity index (χ3n) is 3.41. The maximum Gasteiger partial charge on any atom is 0.0193 e. The Bertz CT molecular complexity index is 185. The first kappa shape index (κ1) is 13.6. The fourth-order valence-corrected chi connectivity index (χ4v) is 3.68. The van der Waals surface area contributed by atoms with Crippen LogP contribution >= 0.6 is 24.2 Å². The minimum atomic E-state index is 0. The Labute approximate surface area is 104 Å². The van der Waals surface area contributed by atoms with Crippen LogP contribution in [0.5, 0.6) is 0 Å². The molecule has 90 valence electrons. The molecule has 15 heavy (non-hydrogen) atoms. The number of thioether (sulfide) groups is 1. The molecule has 2 rings (SSSR count). The first-order valence-electron chi connectivity index (χ1n) is 5.81. The molecule has 2 aliphatic rings. The molecule has 2 saturated heterocycles. The highest BCUT2D eigenvalue weighted by Gasteiger charge is 2.26. The van der Waals surface area contributed by atoms with Crippen LogP contribution < -0.4 is 5.32 Å². The summed E-state index contributed by atoms with van der Waals surface area (Å²) < 4.78 is 0. The Morgan fingerprint density at radius 2 is 2.20 bits per heavy atom. The Morgan fingerprint density at radius 3 is 2.87 bits per heavy atom. The van der Waals surface area contributed by atoms with Crippen molar-refractivity contribution in [2.24, 2.45) is 5.92 Å². The molecule has 0 spiro atoms. The van der Waals surface area contributed by atoms with Gasteiger partial charge in [0.2, 0.25) is 0 Å². The minimum absolute atomic E-state index is 0. The van der Waals surface area contributed by atoms with Crippen molar-refractivity contribution < 1.29 is 0 Å². The number of rotatable bonds is 2. The molecule has 0 bridgehead atoms. The first-order valence-corrected chi connectivity index (χ1v) is 6.96. The maximum atomic E-state index is 3.54. The summed E-state index contributed by atoms with van der Waals surface area (Å²) in [7, 11) is 0. The molecule has 2 aliphatic heterocycles. The summed E-state index contributed by atoms with van der Waals surface area (Å²) in [6.45, 7) is 8.38. The molecule has 2 heterocycles. The van der Waals surface area contributed by atoms with Crippen molar-refractivity contribution in [3.05, 3.63) is 0 Å². The molecule has 0 aromatic carbocycles. The largest absolute Gasteiger partial charge is 0.311 e. The van der Waals surface area contributed by atoms with Crippen LogP contribution in [-0.4, -0.2) is 48.1 Å². The lowest BCUT2D eigenvalue weighted by molar-refractivity contribution is 0.129. The Kier molecular flexibility index (Phi) is 5.75. The lowest BCUT2D eigenvalue weighted by atomic mass is 10.1. The summed E-state index contributed by atoms with van der Waals surface area (Å²) >= 11 is 2.13. The summed E-state index contributed by atoms with van der Waals surface area (Å²) in [5.41, 5.74) is 0. The lowest BCUT2D eigenvalue weighted by Gasteiger charge is -2.38. The molecular weight excluding hydrogens is 228 g/mol. The van der Waals surface area contributed by atoms with Crippen molar-refractivity contribution in [2.75, 3.05) is 31.1 Å². The molecule has 0 radical (unpaired) electrons. The van der Waals surface area contributed by atoms with Crippen LogP contribution in [0.1, 0.15) is 20.3 Å². The predicted molar refractivity (Wildman–Crippen MR) is 71.2 cm³/mol. The molecule has 0 aromatic heterocycles. The topological polar surface area (TPSA) is 15.3 Å². The van der Waals surface area contributed by atoms with Crippen molar-refractivity contribution in [3.8, 4) is 0 Å². The lowest BCUT2D eigenvalue weighted by Crippen LogP contribution is -2.55. The Balaban J connectivity index is 0.00000112. The summed E-state index contributed by atoms with van der Waals surface area (Å²) in [4.78, 5) is 2.68. The third-order valence-corrected chi connectivity index (χ3v) is 4.64. The van der Waals surface area contributed by atoms with E-state index in [0.717, 1.165) is 12.0 Å². The van der Waals surface area contributed by atoms with E-state index in [4.69, 9.17) is 0 Å². The zero-order valence-electron chi connectivity index (χ0n) is 9.74. The second-order valence-corrected chi connectivity index (χ2v) is 5.99. The van der Waals surface area contributed by atoms with Gasteiger partial charge in [-0.1, -0.05) is 0 Å². The van der Waals surface area contributed by atoms with E-state index >= 15 is 0 Å². The highest BCUT2D eigenvalue weighted by atomic mass is 35.5. The van der Waals surface area contributed by atoms with E-state index < -0.39 is 0 Å². The summed E-state index contributed by atoms with van der Waals surface area (Å²) in [6, 6.07) is 1.41. The fourth-order valence-electron chi connectivity index (χ4n) is 2.41. The minimum Gasteiger partial charge on any atom is -0.311 e. The van der Waals surface area contributed by atoms with E-state index in [0.29, 0.717) is 6.04 Å². The van der Waals surface area contributed by atoms with Crippen molar-refractivity contribution in [1.29, 1.82) is 0 Å². The van der Waals surface area contributed by atoms with Gasteiger partial charge in [0.25, 0.3) is 0 Å². The van der Waals surface area contributed by atoms with Gasteiger partial charge in [-0.2, -0.15) is 11.8 Å². The Hall–Kier alpha value is 0.560. The Morgan fingerprint density at radius 1 is 1.40 bits per heavy atom. The monoisotopic (exact) mass is 250 g/mol. The normalized spacial score (nSPS) is 37.6. The molecule has 1 N–H and O–H groups in total. The molecule has 2 nitrogen and oxygen atoms in total.